The number of halogens is 1. The molecule has 1 rings (SSSR count). The molecule has 0 fully saturated rings. The van der Waals surface area contributed by atoms with Crippen molar-refractivity contribution in [1.29, 1.82) is 0 Å². The molecule has 0 spiro atoms. The van der Waals surface area contributed by atoms with Crippen LogP contribution in [-0.4, -0.2) is 36.2 Å². The minimum atomic E-state index is -1.44. The van der Waals surface area contributed by atoms with Crippen molar-refractivity contribution in [2.24, 2.45) is 0 Å². The Morgan fingerprint density at radius 1 is 1.65 bits per heavy atom. The van der Waals surface area contributed by atoms with Gasteiger partial charge in [0.1, 0.15) is 4.88 Å². The highest BCUT2D eigenvalue weighted by Crippen LogP contribution is 2.23. The number of hydrogen-bond donors (Lipinski definition) is 2. The van der Waals surface area contributed by atoms with E-state index in [0.29, 0.717) is 9.35 Å². The lowest BCUT2D eigenvalue weighted by atomic mass is 10.0. The largest absolute Gasteiger partial charge is 0.479 e. The van der Waals surface area contributed by atoms with Gasteiger partial charge < -0.3 is 15.2 Å². The first-order valence-electron chi connectivity index (χ1n) is 4.68. The van der Waals surface area contributed by atoms with Crippen molar-refractivity contribution >= 4 is 39.1 Å². The van der Waals surface area contributed by atoms with Gasteiger partial charge >= 0.3 is 5.97 Å². The Bertz CT molecular complexity index is 434. The van der Waals surface area contributed by atoms with Crippen molar-refractivity contribution in [3.63, 3.8) is 0 Å². The van der Waals surface area contributed by atoms with Gasteiger partial charge in [-0.25, -0.2) is 4.79 Å². The summed E-state index contributed by atoms with van der Waals surface area (Å²) < 4.78 is 5.46. The average molecular weight is 322 g/mol. The summed E-state index contributed by atoms with van der Waals surface area (Å²) in [6.45, 7) is 1.30. The van der Waals surface area contributed by atoms with E-state index in [1.807, 2.05) is 0 Å². The molecule has 17 heavy (non-hydrogen) atoms. The van der Waals surface area contributed by atoms with Gasteiger partial charge in [-0.05, 0) is 34.3 Å². The van der Waals surface area contributed by atoms with Gasteiger partial charge in [-0.3, -0.25) is 4.79 Å². The number of ether oxygens (including phenoxy) is 1. The summed E-state index contributed by atoms with van der Waals surface area (Å²) in [4.78, 5) is 23.4. The molecule has 7 heteroatoms. The second kappa shape index (κ2) is 5.61. The molecule has 0 saturated heterocycles. The fourth-order valence-corrected chi connectivity index (χ4v) is 2.65. The van der Waals surface area contributed by atoms with E-state index >= 15 is 0 Å². The van der Waals surface area contributed by atoms with Gasteiger partial charge in [-0.15, -0.1) is 11.3 Å². The van der Waals surface area contributed by atoms with E-state index < -0.39 is 17.4 Å². The van der Waals surface area contributed by atoms with Crippen LogP contribution in [0.1, 0.15) is 16.6 Å². The third-order valence-corrected chi connectivity index (χ3v) is 3.95. The maximum atomic E-state index is 11.9. The van der Waals surface area contributed by atoms with Gasteiger partial charge in [0, 0.05) is 11.6 Å². The molecule has 5 nitrogen and oxygen atoms in total. The van der Waals surface area contributed by atoms with Crippen LogP contribution < -0.4 is 5.32 Å². The molecule has 0 aliphatic heterocycles. The Morgan fingerprint density at radius 2 is 2.29 bits per heavy atom. The van der Waals surface area contributed by atoms with E-state index in [1.54, 1.807) is 11.4 Å². The summed E-state index contributed by atoms with van der Waals surface area (Å²) >= 11 is 4.46. The number of carbonyl (C=O) groups is 2. The minimum Gasteiger partial charge on any atom is -0.479 e. The van der Waals surface area contributed by atoms with Gasteiger partial charge in [-0.1, -0.05) is 0 Å². The summed E-state index contributed by atoms with van der Waals surface area (Å²) in [7, 11) is 1.38. The molecule has 2 N–H and O–H groups in total. The van der Waals surface area contributed by atoms with Gasteiger partial charge in [0.2, 0.25) is 0 Å². The van der Waals surface area contributed by atoms with Gasteiger partial charge in [-0.2, -0.15) is 0 Å². The molecule has 0 radical (unpaired) electrons. The monoisotopic (exact) mass is 321 g/mol. The van der Waals surface area contributed by atoms with Crippen LogP contribution in [0.4, 0.5) is 0 Å². The maximum Gasteiger partial charge on any atom is 0.331 e. The topological polar surface area (TPSA) is 75.6 Å². The van der Waals surface area contributed by atoms with E-state index in [2.05, 4.69) is 21.2 Å². The van der Waals surface area contributed by atoms with Crippen molar-refractivity contribution in [2.45, 2.75) is 12.5 Å². The molecule has 0 aliphatic rings. The van der Waals surface area contributed by atoms with Crippen LogP contribution in [-0.2, 0) is 9.53 Å². The number of aliphatic carboxylic acids is 1. The summed E-state index contributed by atoms with van der Waals surface area (Å²) in [5, 5.41) is 13.3. The summed E-state index contributed by atoms with van der Waals surface area (Å²) in [6.07, 6.45) is 0. The predicted molar refractivity (Wildman–Crippen MR) is 67.4 cm³/mol. The molecule has 0 aliphatic carbocycles. The number of rotatable bonds is 5. The maximum absolute atomic E-state index is 11.9. The number of nitrogens with one attached hydrogen (secondary N) is 1. The lowest BCUT2D eigenvalue weighted by Gasteiger charge is -2.24. The smallest absolute Gasteiger partial charge is 0.331 e. The highest BCUT2D eigenvalue weighted by molar-refractivity contribution is 9.10. The molecular formula is C10H12BrNO4S. The number of carboxylic acids is 1. The summed E-state index contributed by atoms with van der Waals surface area (Å²) in [6, 6.07) is 1.73. The van der Waals surface area contributed by atoms with Crippen LogP contribution in [0.2, 0.25) is 0 Å². The van der Waals surface area contributed by atoms with Crippen LogP contribution in [0.15, 0.2) is 15.9 Å². The van der Waals surface area contributed by atoms with Crippen LogP contribution in [0.5, 0.6) is 0 Å². The van der Waals surface area contributed by atoms with E-state index in [4.69, 9.17) is 9.84 Å². The molecule has 0 aromatic carbocycles. The van der Waals surface area contributed by atoms with Crippen LogP contribution in [0, 0.1) is 0 Å². The van der Waals surface area contributed by atoms with E-state index in [1.165, 1.54) is 25.4 Å². The molecule has 1 heterocycles. The van der Waals surface area contributed by atoms with E-state index in [-0.39, 0.29) is 6.61 Å². The Hall–Kier alpha value is -0.920. The Kier molecular flexibility index (Phi) is 4.67. The van der Waals surface area contributed by atoms with Gasteiger partial charge in [0.25, 0.3) is 5.91 Å². The molecule has 1 atom stereocenters. The van der Waals surface area contributed by atoms with Crippen LogP contribution in [0.3, 0.4) is 0 Å². The zero-order valence-corrected chi connectivity index (χ0v) is 11.7. The number of carboxylic acid groups (broad SMARTS) is 1. The predicted octanol–water partition coefficient (Wildman–Crippen LogP) is 1.73. The molecule has 1 aromatic heterocycles. The molecular weight excluding hydrogens is 310 g/mol. The summed E-state index contributed by atoms with van der Waals surface area (Å²) in [5.41, 5.74) is -1.44. The third-order valence-electron chi connectivity index (χ3n) is 2.12. The quantitative estimate of drug-likeness (QED) is 0.866. The number of carbonyl (C=O) groups excluding carboxylic acids is 1. The second-order valence-electron chi connectivity index (χ2n) is 3.62. The van der Waals surface area contributed by atoms with Crippen LogP contribution >= 0.6 is 27.3 Å². The van der Waals surface area contributed by atoms with Crippen molar-refractivity contribution < 1.29 is 19.4 Å². The highest BCUT2D eigenvalue weighted by atomic mass is 79.9. The van der Waals surface area contributed by atoms with Crippen molar-refractivity contribution in [3.05, 3.63) is 20.8 Å². The number of methoxy groups -OCH3 is 1. The number of amides is 1. The Balaban J connectivity index is 2.85. The minimum absolute atomic E-state index is 0.100. The lowest BCUT2D eigenvalue weighted by molar-refractivity contribution is -0.145. The molecule has 1 unspecified atom stereocenters. The fourth-order valence-electron chi connectivity index (χ4n) is 1.20. The highest BCUT2D eigenvalue weighted by Gasteiger charge is 2.35. The van der Waals surface area contributed by atoms with Crippen molar-refractivity contribution in [3.8, 4) is 0 Å². The first-order chi connectivity index (χ1) is 7.90. The third kappa shape index (κ3) is 3.27. The molecule has 0 saturated carbocycles. The SMILES string of the molecule is COCC(C)(NC(=O)c1sccc1Br)C(=O)O. The van der Waals surface area contributed by atoms with Crippen molar-refractivity contribution in [1.82, 2.24) is 5.32 Å². The average Bonchev–Trinajstić information content (AvgIpc) is 2.64. The van der Waals surface area contributed by atoms with Gasteiger partial charge in [0.15, 0.2) is 5.54 Å². The van der Waals surface area contributed by atoms with Crippen molar-refractivity contribution in [2.75, 3.05) is 13.7 Å². The fraction of sp³-hybridized carbons (Fsp3) is 0.400. The Labute approximate surface area is 111 Å². The molecule has 94 valence electrons. The zero-order valence-electron chi connectivity index (χ0n) is 9.32. The zero-order chi connectivity index (χ0) is 13.1. The standard InChI is InChI=1S/C10H12BrNO4S/c1-10(5-16-2,9(14)15)12-8(13)7-6(11)3-4-17-7/h3-4H,5H2,1-2H3,(H,12,13)(H,14,15). The number of hydrogen-bond acceptors (Lipinski definition) is 4. The first-order valence-corrected chi connectivity index (χ1v) is 6.36. The Morgan fingerprint density at radius 3 is 2.71 bits per heavy atom. The second-order valence-corrected chi connectivity index (χ2v) is 5.39. The van der Waals surface area contributed by atoms with E-state index in [0.717, 1.165) is 0 Å². The lowest BCUT2D eigenvalue weighted by Crippen LogP contribution is -2.55. The molecule has 0 bridgehead atoms. The number of thiophene rings is 1. The summed E-state index contributed by atoms with van der Waals surface area (Å²) in [5.74, 6) is -1.57. The van der Waals surface area contributed by atoms with E-state index in [9.17, 15) is 9.59 Å². The normalized spacial score (nSPS) is 14.1. The molecule has 1 aromatic rings. The van der Waals surface area contributed by atoms with Crippen LogP contribution in [0.25, 0.3) is 0 Å². The molecule has 1 amide bonds. The first kappa shape index (κ1) is 14.1. The van der Waals surface area contributed by atoms with Gasteiger partial charge in [0.05, 0.1) is 6.61 Å².